The molecular weight excluding hydrogens is 257 g/mol. The summed E-state index contributed by atoms with van der Waals surface area (Å²) < 4.78 is 17.8. The maximum absolute atomic E-state index is 12.7. The third-order valence-corrected chi connectivity index (χ3v) is 2.78. The number of anilines is 1. The first-order valence-corrected chi connectivity index (χ1v) is 6.10. The Kier molecular flexibility index (Phi) is 3.93. The van der Waals surface area contributed by atoms with Crippen molar-refractivity contribution in [3.8, 4) is 0 Å². The Morgan fingerprint density at radius 1 is 1.39 bits per heavy atom. The quantitative estimate of drug-likeness (QED) is 0.860. The van der Waals surface area contributed by atoms with Gasteiger partial charge >= 0.3 is 0 Å². The summed E-state index contributed by atoms with van der Waals surface area (Å²) in [5.74, 6) is 0.0431. The van der Waals surface area contributed by atoms with Crippen LogP contribution in [0.3, 0.4) is 0 Å². The Balaban J connectivity index is 1.83. The first-order valence-electron chi connectivity index (χ1n) is 5.12. The fourth-order valence-electron chi connectivity index (χ4n) is 1.19. The van der Waals surface area contributed by atoms with Gasteiger partial charge in [0.1, 0.15) is 5.82 Å². The van der Waals surface area contributed by atoms with Crippen molar-refractivity contribution in [3.05, 3.63) is 36.0 Å². The molecule has 0 saturated carbocycles. The highest BCUT2D eigenvalue weighted by Crippen LogP contribution is 2.16. The van der Waals surface area contributed by atoms with Crippen LogP contribution in [0.1, 0.15) is 5.89 Å². The van der Waals surface area contributed by atoms with Gasteiger partial charge in [-0.2, -0.15) is 0 Å². The highest BCUT2D eigenvalue weighted by atomic mass is 32.2. The van der Waals surface area contributed by atoms with Crippen LogP contribution in [0.5, 0.6) is 0 Å². The molecule has 2 rings (SSSR count). The second-order valence-corrected chi connectivity index (χ2v) is 4.36. The number of nitrogens with one attached hydrogen (secondary N) is 1. The number of thioether (sulfide) groups is 1. The van der Waals surface area contributed by atoms with Crippen LogP contribution >= 0.6 is 11.8 Å². The van der Waals surface area contributed by atoms with Crippen molar-refractivity contribution in [1.82, 2.24) is 10.2 Å². The van der Waals surface area contributed by atoms with Crippen LogP contribution in [-0.2, 0) is 4.79 Å². The Bertz CT molecular complexity index is 541. The predicted octanol–water partition coefficient (Wildman–Crippen LogP) is 2.25. The molecule has 0 saturated heterocycles. The first-order chi connectivity index (χ1) is 8.63. The van der Waals surface area contributed by atoms with E-state index < -0.39 is 0 Å². The number of halogens is 1. The molecule has 1 aromatic heterocycles. The van der Waals surface area contributed by atoms with E-state index in [0.717, 1.165) is 11.8 Å². The van der Waals surface area contributed by atoms with E-state index in [0.29, 0.717) is 16.8 Å². The summed E-state index contributed by atoms with van der Waals surface area (Å²) in [6.07, 6.45) is 0. The third kappa shape index (κ3) is 3.56. The molecule has 18 heavy (non-hydrogen) atoms. The van der Waals surface area contributed by atoms with Crippen molar-refractivity contribution in [2.75, 3.05) is 11.1 Å². The lowest BCUT2D eigenvalue weighted by molar-refractivity contribution is -0.113. The molecule has 0 spiro atoms. The van der Waals surface area contributed by atoms with Gasteiger partial charge in [0.25, 0.3) is 5.22 Å². The number of nitrogens with zero attached hydrogens (tertiary/aromatic N) is 2. The number of rotatable bonds is 4. The molecule has 1 N–H and O–H groups in total. The lowest BCUT2D eigenvalue weighted by Gasteiger charge is -2.03. The highest BCUT2D eigenvalue weighted by Gasteiger charge is 2.08. The zero-order chi connectivity index (χ0) is 13.0. The lowest BCUT2D eigenvalue weighted by atomic mass is 10.3. The summed E-state index contributed by atoms with van der Waals surface area (Å²) in [7, 11) is 0. The number of carbonyl (C=O) groups is 1. The first kappa shape index (κ1) is 12.6. The van der Waals surface area contributed by atoms with Gasteiger partial charge in [0, 0.05) is 12.6 Å². The number of amides is 1. The van der Waals surface area contributed by atoms with E-state index in [1.165, 1.54) is 24.3 Å². The number of carbonyl (C=O) groups excluding carboxylic acids is 1. The largest absolute Gasteiger partial charge is 0.416 e. The van der Waals surface area contributed by atoms with Crippen molar-refractivity contribution in [1.29, 1.82) is 0 Å². The Labute approximate surface area is 107 Å². The summed E-state index contributed by atoms with van der Waals surface area (Å²) in [6.45, 7) is 1.68. The van der Waals surface area contributed by atoms with Crippen molar-refractivity contribution >= 4 is 23.4 Å². The van der Waals surface area contributed by atoms with E-state index >= 15 is 0 Å². The molecule has 0 atom stereocenters. The zero-order valence-corrected chi connectivity index (χ0v) is 10.3. The summed E-state index contributed by atoms with van der Waals surface area (Å²) in [4.78, 5) is 11.6. The van der Waals surface area contributed by atoms with Crippen LogP contribution in [0.15, 0.2) is 33.9 Å². The van der Waals surface area contributed by atoms with Gasteiger partial charge in [-0.3, -0.25) is 4.79 Å². The maximum atomic E-state index is 12.7. The SMILES string of the molecule is Cc1nnc(SCC(=O)Nc2ccc(F)cc2)o1. The van der Waals surface area contributed by atoms with Crippen LogP contribution in [0, 0.1) is 12.7 Å². The summed E-state index contributed by atoms with van der Waals surface area (Å²) >= 11 is 1.15. The van der Waals surface area contributed by atoms with Gasteiger partial charge in [0.15, 0.2) is 0 Å². The molecule has 0 aliphatic carbocycles. The molecule has 0 bridgehead atoms. The van der Waals surface area contributed by atoms with Crippen molar-refractivity contribution in [2.45, 2.75) is 12.1 Å². The summed E-state index contributed by atoms with van der Waals surface area (Å²) in [5, 5.41) is 10.4. The van der Waals surface area contributed by atoms with Crippen molar-refractivity contribution < 1.29 is 13.6 Å². The standard InChI is InChI=1S/C11H10FN3O2S/c1-7-14-15-11(17-7)18-6-10(16)13-9-4-2-8(12)3-5-9/h2-5H,6H2,1H3,(H,13,16). The molecule has 7 heteroatoms. The monoisotopic (exact) mass is 267 g/mol. The molecule has 1 aromatic carbocycles. The van der Waals surface area contributed by atoms with Gasteiger partial charge in [0.2, 0.25) is 11.8 Å². The Morgan fingerprint density at radius 3 is 2.72 bits per heavy atom. The van der Waals surface area contributed by atoms with Gasteiger partial charge in [-0.05, 0) is 24.3 Å². The van der Waals surface area contributed by atoms with Crippen LogP contribution in [0.4, 0.5) is 10.1 Å². The summed E-state index contributed by atoms with van der Waals surface area (Å²) in [5.41, 5.74) is 0.545. The smallest absolute Gasteiger partial charge is 0.277 e. The maximum Gasteiger partial charge on any atom is 0.277 e. The van der Waals surface area contributed by atoms with Gasteiger partial charge in [-0.25, -0.2) is 4.39 Å². The molecule has 94 valence electrons. The zero-order valence-electron chi connectivity index (χ0n) is 9.51. The van der Waals surface area contributed by atoms with Crippen LogP contribution < -0.4 is 5.32 Å². The number of aryl methyl sites for hydroxylation is 1. The molecule has 1 heterocycles. The van der Waals surface area contributed by atoms with E-state index in [4.69, 9.17) is 4.42 Å². The average molecular weight is 267 g/mol. The average Bonchev–Trinajstić information content (AvgIpc) is 2.76. The molecule has 0 unspecified atom stereocenters. The van der Waals surface area contributed by atoms with E-state index in [9.17, 15) is 9.18 Å². The fourth-order valence-corrected chi connectivity index (χ4v) is 1.80. The molecular formula is C11H10FN3O2S. The minimum atomic E-state index is -0.344. The van der Waals surface area contributed by atoms with E-state index in [2.05, 4.69) is 15.5 Å². The Morgan fingerprint density at radius 2 is 2.11 bits per heavy atom. The number of benzene rings is 1. The molecule has 0 fully saturated rings. The minimum Gasteiger partial charge on any atom is -0.416 e. The lowest BCUT2D eigenvalue weighted by Crippen LogP contribution is -2.13. The number of hydrogen-bond acceptors (Lipinski definition) is 5. The van der Waals surface area contributed by atoms with E-state index in [1.807, 2.05) is 0 Å². The van der Waals surface area contributed by atoms with Gasteiger partial charge in [0.05, 0.1) is 5.75 Å². The van der Waals surface area contributed by atoms with E-state index in [1.54, 1.807) is 6.92 Å². The normalized spacial score (nSPS) is 10.3. The topological polar surface area (TPSA) is 68.0 Å². The molecule has 1 amide bonds. The number of aromatic nitrogens is 2. The highest BCUT2D eigenvalue weighted by molar-refractivity contribution is 7.99. The van der Waals surface area contributed by atoms with E-state index in [-0.39, 0.29) is 17.5 Å². The van der Waals surface area contributed by atoms with Gasteiger partial charge < -0.3 is 9.73 Å². The van der Waals surface area contributed by atoms with Crippen LogP contribution in [0.25, 0.3) is 0 Å². The predicted molar refractivity (Wildman–Crippen MR) is 64.8 cm³/mol. The van der Waals surface area contributed by atoms with Crippen LogP contribution in [-0.4, -0.2) is 21.9 Å². The Hall–Kier alpha value is -1.89. The summed E-state index contributed by atoms with van der Waals surface area (Å²) in [6, 6.07) is 5.55. The fraction of sp³-hybridized carbons (Fsp3) is 0.182. The third-order valence-electron chi connectivity index (χ3n) is 1.96. The van der Waals surface area contributed by atoms with Gasteiger partial charge in [-0.1, -0.05) is 11.8 Å². The van der Waals surface area contributed by atoms with Crippen molar-refractivity contribution in [2.24, 2.45) is 0 Å². The van der Waals surface area contributed by atoms with Crippen LogP contribution in [0.2, 0.25) is 0 Å². The molecule has 0 aliphatic rings. The van der Waals surface area contributed by atoms with Gasteiger partial charge in [-0.15, -0.1) is 10.2 Å². The second kappa shape index (κ2) is 5.63. The molecule has 5 nitrogen and oxygen atoms in total. The molecule has 2 aromatic rings. The minimum absolute atomic E-state index is 0.152. The number of hydrogen-bond donors (Lipinski definition) is 1. The molecule has 0 radical (unpaired) electrons. The molecule has 0 aliphatic heterocycles. The second-order valence-electron chi connectivity index (χ2n) is 3.43. The van der Waals surface area contributed by atoms with Crippen molar-refractivity contribution in [3.63, 3.8) is 0 Å².